The number of nitrogen functional groups attached to an aromatic ring is 1. The van der Waals surface area contributed by atoms with Gasteiger partial charge in [-0.3, -0.25) is 4.79 Å². The normalized spacial score (nSPS) is 10.2. The number of carbonyl (C=O) groups excluding carboxylic acids is 1. The highest BCUT2D eigenvalue weighted by atomic mass is 79.9. The number of amides is 1. The van der Waals surface area contributed by atoms with Gasteiger partial charge in [-0.2, -0.15) is 0 Å². The maximum atomic E-state index is 12.1. The van der Waals surface area contributed by atoms with Gasteiger partial charge in [-0.05, 0) is 48.4 Å². The Balaban J connectivity index is 2.03. The fourth-order valence-electron chi connectivity index (χ4n) is 1.82. The van der Waals surface area contributed by atoms with Gasteiger partial charge in [0.15, 0.2) is 0 Å². The Morgan fingerprint density at radius 2 is 1.89 bits per heavy atom. The van der Waals surface area contributed by atoms with Crippen molar-refractivity contribution < 1.29 is 4.79 Å². The van der Waals surface area contributed by atoms with E-state index in [0.717, 1.165) is 15.6 Å². The minimum absolute atomic E-state index is 0.0829. The first-order valence-electron chi connectivity index (χ1n) is 5.95. The van der Waals surface area contributed by atoms with E-state index in [-0.39, 0.29) is 5.91 Å². The zero-order valence-electron chi connectivity index (χ0n) is 10.6. The van der Waals surface area contributed by atoms with E-state index in [1.807, 2.05) is 31.2 Å². The molecule has 2 aromatic rings. The maximum Gasteiger partial charge on any atom is 0.251 e. The number of nitrogens with two attached hydrogens (primary N) is 1. The third-order valence-corrected chi connectivity index (χ3v) is 3.39. The SMILES string of the molecule is Cc1cc(N)ccc1C(=O)NCc1ccc(Br)cc1. The maximum absolute atomic E-state index is 12.1. The van der Waals surface area contributed by atoms with Crippen LogP contribution >= 0.6 is 15.9 Å². The van der Waals surface area contributed by atoms with E-state index in [9.17, 15) is 4.79 Å². The zero-order valence-corrected chi connectivity index (χ0v) is 12.2. The van der Waals surface area contributed by atoms with Crippen LogP contribution in [0.15, 0.2) is 46.9 Å². The molecule has 0 spiro atoms. The van der Waals surface area contributed by atoms with Crippen molar-refractivity contribution in [3.63, 3.8) is 0 Å². The van der Waals surface area contributed by atoms with Gasteiger partial charge in [-0.15, -0.1) is 0 Å². The Labute approximate surface area is 121 Å². The van der Waals surface area contributed by atoms with E-state index in [0.29, 0.717) is 17.8 Å². The highest BCUT2D eigenvalue weighted by Crippen LogP contribution is 2.13. The van der Waals surface area contributed by atoms with Crippen LogP contribution in [-0.4, -0.2) is 5.91 Å². The molecule has 0 bridgehead atoms. The Kier molecular flexibility index (Phi) is 4.22. The fourth-order valence-corrected chi connectivity index (χ4v) is 2.09. The molecule has 2 rings (SSSR count). The second-order valence-corrected chi connectivity index (χ2v) is 5.30. The molecular weight excluding hydrogens is 304 g/mol. The van der Waals surface area contributed by atoms with E-state index in [1.165, 1.54) is 0 Å². The van der Waals surface area contributed by atoms with Gasteiger partial charge in [0, 0.05) is 22.3 Å². The highest BCUT2D eigenvalue weighted by molar-refractivity contribution is 9.10. The monoisotopic (exact) mass is 318 g/mol. The van der Waals surface area contributed by atoms with Crippen molar-refractivity contribution in [2.24, 2.45) is 0 Å². The number of halogens is 1. The average molecular weight is 319 g/mol. The fraction of sp³-hybridized carbons (Fsp3) is 0.133. The van der Waals surface area contributed by atoms with Crippen molar-refractivity contribution in [3.8, 4) is 0 Å². The molecule has 98 valence electrons. The Hall–Kier alpha value is -1.81. The molecule has 0 aliphatic carbocycles. The van der Waals surface area contributed by atoms with Crippen LogP contribution in [0.3, 0.4) is 0 Å². The minimum Gasteiger partial charge on any atom is -0.399 e. The molecule has 0 aromatic heterocycles. The van der Waals surface area contributed by atoms with Crippen molar-refractivity contribution in [1.82, 2.24) is 5.32 Å². The van der Waals surface area contributed by atoms with Crippen LogP contribution in [0.25, 0.3) is 0 Å². The molecule has 0 heterocycles. The second kappa shape index (κ2) is 5.89. The van der Waals surface area contributed by atoms with Crippen LogP contribution in [0.2, 0.25) is 0 Å². The molecule has 0 aliphatic heterocycles. The summed E-state index contributed by atoms with van der Waals surface area (Å²) in [5.74, 6) is -0.0829. The highest BCUT2D eigenvalue weighted by Gasteiger charge is 2.08. The Morgan fingerprint density at radius 3 is 2.53 bits per heavy atom. The van der Waals surface area contributed by atoms with Crippen LogP contribution in [0.5, 0.6) is 0 Å². The number of hydrogen-bond donors (Lipinski definition) is 2. The number of carbonyl (C=O) groups is 1. The summed E-state index contributed by atoms with van der Waals surface area (Å²) in [5.41, 5.74) is 8.94. The first kappa shape index (κ1) is 13.6. The number of benzene rings is 2. The first-order valence-corrected chi connectivity index (χ1v) is 6.74. The van der Waals surface area contributed by atoms with Crippen molar-refractivity contribution in [2.75, 3.05) is 5.73 Å². The first-order chi connectivity index (χ1) is 9.06. The van der Waals surface area contributed by atoms with E-state index in [2.05, 4.69) is 21.2 Å². The van der Waals surface area contributed by atoms with Crippen LogP contribution in [0.4, 0.5) is 5.69 Å². The molecule has 0 unspecified atom stereocenters. The van der Waals surface area contributed by atoms with Crippen LogP contribution in [-0.2, 0) is 6.54 Å². The van der Waals surface area contributed by atoms with E-state index < -0.39 is 0 Å². The predicted octanol–water partition coefficient (Wildman–Crippen LogP) is 3.27. The summed E-state index contributed by atoms with van der Waals surface area (Å²) in [6.45, 7) is 2.39. The number of hydrogen-bond acceptors (Lipinski definition) is 2. The Morgan fingerprint density at radius 1 is 1.21 bits per heavy atom. The molecule has 4 heteroatoms. The van der Waals surface area contributed by atoms with E-state index in [4.69, 9.17) is 5.73 Å². The summed E-state index contributed by atoms with van der Waals surface area (Å²) in [6, 6.07) is 13.1. The predicted molar refractivity (Wildman–Crippen MR) is 80.9 cm³/mol. The van der Waals surface area contributed by atoms with Gasteiger partial charge in [0.05, 0.1) is 0 Å². The lowest BCUT2D eigenvalue weighted by atomic mass is 10.1. The lowest BCUT2D eigenvalue weighted by molar-refractivity contribution is 0.0950. The molecule has 3 nitrogen and oxygen atoms in total. The summed E-state index contributed by atoms with van der Waals surface area (Å²) in [6.07, 6.45) is 0. The van der Waals surface area contributed by atoms with Crippen LogP contribution < -0.4 is 11.1 Å². The Bertz CT molecular complexity index is 594. The van der Waals surface area contributed by atoms with Gasteiger partial charge in [0.2, 0.25) is 0 Å². The molecular formula is C15H15BrN2O. The second-order valence-electron chi connectivity index (χ2n) is 4.38. The average Bonchev–Trinajstić information content (AvgIpc) is 2.37. The molecule has 0 saturated heterocycles. The number of anilines is 1. The third kappa shape index (κ3) is 3.58. The molecule has 19 heavy (non-hydrogen) atoms. The van der Waals surface area contributed by atoms with Gasteiger partial charge in [0.25, 0.3) is 5.91 Å². The third-order valence-electron chi connectivity index (χ3n) is 2.86. The standard InChI is InChI=1S/C15H15BrN2O/c1-10-8-13(17)6-7-14(10)15(19)18-9-11-2-4-12(16)5-3-11/h2-8H,9,17H2,1H3,(H,18,19). The molecule has 0 atom stereocenters. The number of nitrogens with one attached hydrogen (secondary N) is 1. The van der Waals surface area contributed by atoms with Gasteiger partial charge in [0.1, 0.15) is 0 Å². The summed E-state index contributed by atoms with van der Waals surface area (Å²) < 4.78 is 1.02. The van der Waals surface area contributed by atoms with Crippen molar-refractivity contribution >= 4 is 27.5 Å². The number of rotatable bonds is 3. The topological polar surface area (TPSA) is 55.1 Å². The van der Waals surface area contributed by atoms with Crippen LogP contribution in [0, 0.1) is 6.92 Å². The molecule has 0 saturated carbocycles. The van der Waals surface area contributed by atoms with Crippen molar-refractivity contribution in [2.45, 2.75) is 13.5 Å². The van der Waals surface area contributed by atoms with Gasteiger partial charge >= 0.3 is 0 Å². The zero-order chi connectivity index (χ0) is 13.8. The lowest BCUT2D eigenvalue weighted by Gasteiger charge is -2.08. The number of aryl methyl sites for hydroxylation is 1. The smallest absolute Gasteiger partial charge is 0.251 e. The summed E-state index contributed by atoms with van der Waals surface area (Å²) in [4.78, 5) is 12.1. The molecule has 1 amide bonds. The van der Waals surface area contributed by atoms with Crippen LogP contribution in [0.1, 0.15) is 21.5 Å². The molecule has 0 aliphatic rings. The lowest BCUT2D eigenvalue weighted by Crippen LogP contribution is -2.23. The summed E-state index contributed by atoms with van der Waals surface area (Å²) >= 11 is 3.38. The minimum atomic E-state index is -0.0829. The van der Waals surface area contributed by atoms with Crippen molar-refractivity contribution in [1.29, 1.82) is 0 Å². The molecule has 0 radical (unpaired) electrons. The summed E-state index contributed by atoms with van der Waals surface area (Å²) in [5, 5.41) is 2.90. The molecule has 2 aromatic carbocycles. The van der Waals surface area contributed by atoms with Crippen molar-refractivity contribution in [3.05, 3.63) is 63.6 Å². The molecule has 3 N–H and O–H groups in total. The largest absolute Gasteiger partial charge is 0.399 e. The molecule has 0 fully saturated rings. The summed E-state index contributed by atoms with van der Waals surface area (Å²) in [7, 11) is 0. The van der Waals surface area contributed by atoms with E-state index in [1.54, 1.807) is 18.2 Å². The van der Waals surface area contributed by atoms with E-state index >= 15 is 0 Å². The van der Waals surface area contributed by atoms with Gasteiger partial charge in [-0.25, -0.2) is 0 Å². The van der Waals surface area contributed by atoms with Gasteiger partial charge in [-0.1, -0.05) is 28.1 Å². The quantitative estimate of drug-likeness (QED) is 0.853. The van der Waals surface area contributed by atoms with Gasteiger partial charge < -0.3 is 11.1 Å².